The molecule has 0 saturated heterocycles. The molecule has 0 aliphatic heterocycles. The minimum Gasteiger partial charge on any atom is -0.375 e. The summed E-state index contributed by atoms with van der Waals surface area (Å²) in [4.78, 5) is 3.69. The highest BCUT2D eigenvalue weighted by Gasteiger charge is 2.28. The minimum atomic E-state index is -3.35. The lowest BCUT2D eigenvalue weighted by molar-refractivity contribution is 0.583. The van der Waals surface area contributed by atoms with Gasteiger partial charge in [0.25, 0.3) is 10.0 Å². The summed E-state index contributed by atoms with van der Waals surface area (Å²) in [5.74, 6) is 0. The summed E-state index contributed by atoms with van der Waals surface area (Å²) in [5, 5.41) is 0.274. The van der Waals surface area contributed by atoms with Gasteiger partial charge in [0.15, 0.2) is 9.34 Å². The van der Waals surface area contributed by atoms with Crippen LogP contribution in [0, 0.1) is 0 Å². The Balaban J connectivity index is 2.22. The molecule has 7 heteroatoms. The highest BCUT2D eigenvalue weighted by atomic mass is 32.2. The van der Waals surface area contributed by atoms with Crippen LogP contribution in [0.3, 0.4) is 0 Å². The van der Waals surface area contributed by atoms with Gasteiger partial charge in [-0.3, -0.25) is 0 Å². The number of nitrogens with one attached hydrogen (secondary N) is 1. The normalized spacial score (nSPS) is 17.5. The maximum absolute atomic E-state index is 11.5. The van der Waals surface area contributed by atoms with E-state index in [9.17, 15) is 8.42 Å². The average molecular weight is 219 g/mol. The Morgan fingerprint density at radius 1 is 1.62 bits per heavy atom. The fraction of sp³-hybridized carbons (Fsp3) is 0.500. The van der Waals surface area contributed by atoms with Crippen molar-refractivity contribution < 1.29 is 8.42 Å². The zero-order valence-corrected chi connectivity index (χ0v) is 8.36. The van der Waals surface area contributed by atoms with E-state index in [-0.39, 0.29) is 15.4 Å². The summed E-state index contributed by atoms with van der Waals surface area (Å²) in [6.45, 7) is 0. The smallest absolute Gasteiger partial charge is 0.251 e. The number of aromatic nitrogens is 1. The van der Waals surface area contributed by atoms with Crippen LogP contribution < -0.4 is 10.5 Å². The van der Waals surface area contributed by atoms with Crippen molar-refractivity contribution in [1.29, 1.82) is 0 Å². The lowest BCUT2D eigenvalue weighted by atomic mass is 10.8. The number of hydrogen-bond acceptors (Lipinski definition) is 5. The molecule has 2 rings (SSSR count). The standard InChI is InChI=1S/C6H9N3O2S2/c7-6-8-3-5(12-6)13(10,11)9-4-1-2-4/h3-4,9H,1-2H2,(H2,7,8). The molecule has 3 N–H and O–H groups in total. The van der Waals surface area contributed by atoms with Crippen LogP contribution in [0.2, 0.25) is 0 Å². The molecule has 1 fully saturated rings. The number of thiazole rings is 1. The average Bonchev–Trinajstić information content (AvgIpc) is 2.70. The third-order valence-electron chi connectivity index (χ3n) is 1.67. The first-order chi connectivity index (χ1) is 6.08. The van der Waals surface area contributed by atoms with Gasteiger partial charge in [0, 0.05) is 6.04 Å². The van der Waals surface area contributed by atoms with Crippen LogP contribution in [0.4, 0.5) is 5.13 Å². The van der Waals surface area contributed by atoms with Gasteiger partial charge in [-0.2, -0.15) is 0 Å². The molecule has 13 heavy (non-hydrogen) atoms. The lowest BCUT2D eigenvalue weighted by Crippen LogP contribution is -2.24. The van der Waals surface area contributed by atoms with Crippen molar-refractivity contribution in [2.75, 3.05) is 5.73 Å². The Labute approximate surface area is 80.0 Å². The molecular weight excluding hydrogens is 210 g/mol. The molecule has 0 aromatic carbocycles. The Morgan fingerprint density at radius 2 is 2.31 bits per heavy atom. The van der Waals surface area contributed by atoms with E-state index in [0.717, 1.165) is 24.2 Å². The van der Waals surface area contributed by atoms with Gasteiger partial charge in [0.05, 0.1) is 6.20 Å². The summed E-state index contributed by atoms with van der Waals surface area (Å²) >= 11 is 0.981. The lowest BCUT2D eigenvalue weighted by Gasteiger charge is -1.99. The molecule has 1 saturated carbocycles. The van der Waals surface area contributed by atoms with Gasteiger partial charge < -0.3 is 5.73 Å². The number of anilines is 1. The maximum Gasteiger partial charge on any atom is 0.251 e. The largest absolute Gasteiger partial charge is 0.375 e. The second kappa shape index (κ2) is 2.93. The van der Waals surface area contributed by atoms with Gasteiger partial charge in [-0.05, 0) is 12.8 Å². The number of nitrogen functional groups attached to an aromatic ring is 1. The Hall–Kier alpha value is -0.660. The van der Waals surface area contributed by atoms with Crippen LogP contribution in [0.5, 0.6) is 0 Å². The predicted octanol–water partition coefficient (Wildman–Crippen LogP) is 0.166. The van der Waals surface area contributed by atoms with E-state index in [1.165, 1.54) is 6.20 Å². The molecule has 1 aliphatic carbocycles. The van der Waals surface area contributed by atoms with Crippen molar-refractivity contribution in [3.05, 3.63) is 6.20 Å². The van der Waals surface area contributed by atoms with Gasteiger partial charge in [0.2, 0.25) is 0 Å². The van der Waals surface area contributed by atoms with Gasteiger partial charge in [-0.25, -0.2) is 18.1 Å². The fourth-order valence-corrected chi connectivity index (χ4v) is 3.11. The molecule has 1 heterocycles. The van der Waals surface area contributed by atoms with E-state index < -0.39 is 10.0 Å². The topological polar surface area (TPSA) is 85.1 Å². The maximum atomic E-state index is 11.5. The molecule has 0 spiro atoms. The SMILES string of the molecule is Nc1ncc(S(=O)(=O)NC2CC2)s1. The van der Waals surface area contributed by atoms with E-state index in [0.29, 0.717) is 0 Å². The third-order valence-corrected chi connectivity index (χ3v) is 4.47. The molecule has 0 atom stereocenters. The van der Waals surface area contributed by atoms with E-state index in [1.54, 1.807) is 0 Å². The van der Waals surface area contributed by atoms with E-state index in [2.05, 4.69) is 9.71 Å². The van der Waals surface area contributed by atoms with E-state index >= 15 is 0 Å². The highest BCUT2D eigenvalue weighted by molar-refractivity contribution is 7.91. The summed E-state index contributed by atoms with van der Waals surface area (Å²) < 4.78 is 25.7. The summed E-state index contributed by atoms with van der Waals surface area (Å²) in [6, 6.07) is 0.119. The van der Waals surface area contributed by atoms with Crippen LogP contribution >= 0.6 is 11.3 Å². The molecule has 0 unspecified atom stereocenters. The summed E-state index contributed by atoms with van der Waals surface area (Å²) in [5.41, 5.74) is 5.34. The molecule has 1 aromatic rings. The first kappa shape index (κ1) is 8.92. The molecular formula is C6H9N3O2S2. The Bertz CT molecular complexity index is 407. The summed E-state index contributed by atoms with van der Waals surface area (Å²) in [6.07, 6.45) is 3.13. The number of sulfonamides is 1. The van der Waals surface area contributed by atoms with Crippen LogP contribution in [0.15, 0.2) is 10.4 Å². The zero-order chi connectivity index (χ0) is 9.47. The van der Waals surface area contributed by atoms with Crippen molar-refractivity contribution in [3.8, 4) is 0 Å². The summed E-state index contributed by atoms with van der Waals surface area (Å²) in [7, 11) is -3.35. The molecule has 0 bridgehead atoms. The molecule has 1 aliphatic rings. The number of rotatable bonds is 3. The molecule has 0 amide bonds. The number of nitrogens with zero attached hydrogens (tertiary/aromatic N) is 1. The number of nitrogens with two attached hydrogens (primary N) is 1. The number of hydrogen-bond donors (Lipinski definition) is 2. The van der Waals surface area contributed by atoms with Crippen LogP contribution in [-0.4, -0.2) is 19.4 Å². The quantitative estimate of drug-likeness (QED) is 0.758. The minimum absolute atomic E-state index is 0.119. The van der Waals surface area contributed by atoms with Crippen LogP contribution in [0.1, 0.15) is 12.8 Å². The second-order valence-electron chi connectivity index (χ2n) is 2.91. The van der Waals surface area contributed by atoms with E-state index in [1.807, 2.05) is 0 Å². The van der Waals surface area contributed by atoms with Gasteiger partial charge in [0.1, 0.15) is 0 Å². The second-order valence-corrected chi connectivity index (χ2v) is 5.92. The molecule has 0 radical (unpaired) electrons. The van der Waals surface area contributed by atoms with Crippen molar-refractivity contribution >= 4 is 26.5 Å². The third kappa shape index (κ3) is 1.98. The Morgan fingerprint density at radius 3 is 2.77 bits per heavy atom. The first-order valence-corrected chi connectivity index (χ1v) is 6.11. The monoisotopic (exact) mass is 219 g/mol. The van der Waals surface area contributed by atoms with E-state index in [4.69, 9.17) is 5.73 Å². The van der Waals surface area contributed by atoms with Crippen molar-refractivity contribution in [1.82, 2.24) is 9.71 Å². The fourth-order valence-electron chi connectivity index (χ4n) is 0.875. The highest BCUT2D eigenvalue weighted by Crippen LogP contribution is 2.25. The predicted molar refractivity (Wildman–Crippen MR) is 49.9 cm³/mol. The van der Waals surface area contributed by atoms with Crippen LogP contribution in [0.25, 0.3) is 0 Å². The molecule has 1 aromatic heterocycles. The van der Waals surface area contributed by atoms with Gasteiger partial charge >= 0.3 is 0 Å². The van der Waals surface area contributed by atoms with Crippen molar-refractivity contribution in [2.45, 2.75) is 23.1 Å². The first-order valence-electron chi connectivity index (χ1n) is 3.81. The van der Waals surface area contributed by atoms with Gasteiger partial charge in [-0.1, -0.05) is 11.3 Å². The Kier molecular flexibility index (Phi) is 2.01. The van der Waals surface area contributed by atoms with Gasteiger partial charge in [-0.15, -0.1) is 0 Å². The van der Waals surface area contributed by atoms with Crippen LogP contribution in [-0.2, 0) is 10.0 Å². The van der Waals surface area contributed by atoms with Crippen molar-refractivity contribution in [2.24, 2.45) is 0 Å². The molecule has 5 nitrogen and oxygen atoms in total. The molecule has 72 valence electrons. The zero-order valence-electron chi connectivity index (χ0n) is 6.73. The van der Waals surface area contributed by atoms with Crippen molar-refractivity contribution in [3.63, 3.8) is 0 Å².